The Labute approximate surface area is 225 Å². The van der Waals surface area contributed by atoms with E-state index < -0.39 is 6.04 Å². The van der Waals surface area contributed by atoms with Crippen LogP contribution in [0.25, 0.3) is 0 Å². The number of unbranched alkanes of at least 4 members (excludes halogenated alkanes) is 1. The molecule has 0 saturated heterocycles. The molecule has 0 aliphatic rings. The first kappa shape index (κ1) is 27.3. The van der Waals surface area contributed by atoms with Gasteiger partial charge in [-0.3, -0.25) is 9.59 Å². The summed E-state index contributed by atoms with van der Waals surface area (Å²) < 4.78 is 0.912. The molecule has 0 aromatic heterocycles. The first-order valence-electron chi connectivity index (χ1n) is 11.7. The highest BCUT2D eigenvalue weighted by atomic mass is 79.9. The Balaban J connectivity index is 1.96. The van der Waals surface area contributed by atoms with Crippen molar-refractivity contribution in [3.05, 3.63) is 104 Å². The normalized spacial score (nSPS) is 11.7. The molecule has 0 heterocycles. The SMILES string of the molecule is CCCCNC(=O)[C@@H](Cc1ccccc1)N(Cc1cccc(Br)c1)C(=O)Cc1ccc(Cl)cc1Cl. The molecule has 7 heteroatoms. The van der Waals surface area contributed by atoms with Crippen LogP contribution in [0.2, 0.25) is 10.0 Å². The standard InChI is InChI=1S/C28H29BrCl2N2O2/c1-2-3-14-32-28(35)26(16-20-8-5-4-6-9-20)33(19-21-10-7-11-23(29)15-21)27(34)17-22-12-13-24(30)18-25(22)31/h4-13,15,18,26H,2-3,14,16-17,19H2,1H3,(H,32,35)/t26-/m1/s1. The number of nitrogens with one attached hydrogen (secondary N) is 1. The van der Waals surface area contributed by atoms with Crippen molar-refractivity contribution >= 4 is 50.9 Å². The third kappa shape index (κ3) is 8.38. The fourth-order valence-electron chi connectivity index (χ4n) is 3.82. The Morgan fingerprint density at radius 2 is 1.71 bits per heavy atom. The number of halogens is 3. The number of benzene rings is 3. The minimum atomic E-state index is -0.674. The molecule has 0 radical (unpaired) electrons. The molecular formula is C28H29BrCl2N2O2. The lowest BCUT2D eigenvalue weighted by Crippen LogP contribution is -2.51. The van der Waals surface area contributed by atoms with Gasteiger partial charge >= 0.3 is 0 Å². The van der Waals surface area contributed by atoms with Crippen LogP contribution in [0.5, 0.6) is 0 Å². The van der Waals surface area contributed by atoms with Gasteiger partial charge in [0.05, 0.1) is 6.42 Å². The van der Waals surface area contributed by atoms with E-state index in [1.54, 1.807) is 23.1 Å². The molecule has 184 valence electrons. The lowest BCUT2D eigenvalue weighted by atomic mass is 10.0. The van der Waals surface area contributed by atoms with Crippen molar-refractivity contribution < 1.29 is 9.59 Å². The summed E-state index contributed by atoms with van der Waals surface area (Å²) in [6.45, 7) is 2.94. The topological polar surface area (TPSA) is 49.4 Å². The summed E-state index contributed by atoms with van der Waals surface area (Å²) in [6.07, 6.45) is 2.33. The first-order chi connectivity index (χ1) is 16.9. The van der Waals surface area contributed by atoms with E-state index in [0.717, 1.165) is 28.4 Å². The molecule has 1 atom stereocenters. The minimum absolute atomic E-state index is 0.0670. The molecule has 0 unspecified atom stereocenters. The van der Waals surface area contributed by atoms with E-state index in [-0.39, 0.29) is 18.2 Å². The number of rotatable bonds is 11. The van der Waals surface area contributed by atoms with Crippen LogP contribution in [-0.2, 0) is 29.0 Å². The van der Waals surface area contributed by atoms with Crippen molar-refractivity contribution in [3.8, 4) is 0 Å². The molecule has 2 amide bonds. The van der Waals surface area contributed by atoms with Crippen molar-refractivity contribution in [2.45, 2.75) is 45.2 Å². The molecule has 0 aliphatic heterocycles. The molecule has 1 N–H and O–H groups in total. The maximum absolute atomic E-state index is 13.7. The van der Waals surface area contributed by atoms with Gasteiger partial charge in [-0.05, 0) is 47.4 Å². The molecule has 3 rings (SSSR count). The van der Waals surface area contributed by atoms with Gasteiger partial charge in [-0.1, -0.05) is 101 Å². The van der Waals surface area contributed by atoms with Crippen LogP contribution in [0.3, 0.4) is 0 Å². The minimum Gasteiger partial charge on any atom is -0.354 e. The summed E-state index contributed by atoms with van der Waals surface area (Å²) in [5.41, 5.74) is 2.58. The number of carbonyl (C=O) groups excluding carboxylic acids is 2. The fraction of sp³-hybridized carbons (Fsp3) is 0.286. The van der Waals surface area contributed by atoms with Gasteiger partial charge in [-0.25, -0.2) is 0 Å². The van der Waals surface area contributed by atoms with E-state index in [1.165, 1.54) is 0 Å². The van der Waals surface area contributed by atoms with E-state index in [2.05, 4.69) is 28.2 Å². The quantitative estimate of drug-likeness (QED) is 0.254. The van der Waals surface area contributed by atoms with Gasteiger partial charge in [0.25, 0.3) is 0 Å². The zero-order chi connectivity index (χ0) is 25.2. The van der Waals surface area contributed by atoms with Gasteiger partial charge in [0, 0.05) is 34.0 Å². The monoisotopic (exact) mass is 574 g/mol. The van der Waals surface area contributed by atoms with Crippen LogP contribution in [-0.4, -0.2) is 29.3 Å². The molecule has 3 aromatic rings. The summed E-state index contributed by atoms with van der Waals surface area (Å²) in [5.74, 6) is -0.339. The zero-order valence-electron chi connectivity index (χ0n) is 19.6. The zero-order valence-corrected chi connectivity index (χ0v) is 22.7. The van der Waals surface area contributed by atoms with Gasteiger partial charge in [0.15, 0.2) is 0 Å². The molecule has 0 fully saturated rings. The summed E-state index contributed by atoms with van der Waals surface area (Å²) in [7, 11) is 0. The Kier molecular flexibility index (Phi) is 10.6. The van der Waals surface area contributed by atoms with E-state index in [0.29, 0.717) is 35.1 Å². The highest BCUT2D eigenvalue weighted by molar-refractivity contribution is 9.10. The van der Waals surface area contributed by atoms with Crippen LogP contribution >= 0.6 is 39.1 Å². The Hall–Kier alpha value is -2.34. The van der Waals surface area contributed by atoms with Crippen molar-refractivity contribution in [3.63, 3.8) is 0 Å². The van der Waals surface area contributed by atoms with Crippen LogP contribution in [0, 0.1) is 0 Å². The maximum Gasteiger partial charge on any atom is 0.243 e. The second kappa shape index (κ2) is 13.7. The largest absolute Gasteiger partial charge is 0.354 e. The number of amides is 2. The Bertz CT molecular complexity index is 1140. The lowest BCUT2D eigenvalue weighted by Gasteiger charge is -2.32. The third-order valence-corrected chi connectivity index (χ3v) is 6.78. The number of carbonyl (C=O) groups is 2. The highest BCUT2D eigenvalue weighted by Crippen LogP contribution is 2.24. The summed E-state index contributed by atoms with van der Waals surface area (Å²) in [5, 5.41) is 3.97. The average Bonchev–Trinajstić information content (AvgIpc) is 2.84. The molecule has 4 nitrogen and oxygen atoms in total. The fourth-order valence-corrected chi connectivity index (χ4v) is 4.74. The third-order valence-electron chi connectivity index (χ3n) is 5.70. The predicted octanol–water partition coefficient (Wildman–Crippen LogP) is 6.85. The first-order valence-corrected chi connectivity index (χ1v) is 13.2. The maximum atomic E-state index is 13.7. The average molecular weight is 576 g/mol. The summed E-state index contributed by atoms with van der Waals surface area (Å²) in [6, 6.07) is 22.0. The second-order valence-electron chi connectivity index (χ2n) is 8.41. The molecule has 0 saturated carbocycles. The van der Waals surface area contributed by atoms with Crippen LogP contribution in [0.15, 0.2) is 77.3 Å². The number of hydrogen-bond donors (Lipinski definition) is 1. The van der Waals surface area contributed by atoms with Gasteiger partial charge in [-0.2, -0.15) is 0 Å². The van der Waals surface area contributed by atoms with E-state index in [1.807, 2.05) is 54.6 Å². The predicted molar refractivity (Wildman–Crippen MR) is 147 cm³/mol. The summed E-state index contributed by atoms with van der Waals surface area (Å²) >= 11 is 15.9. The summed E-state index contributed by atoms with van der Waals surface area (Å²) in [4.78, 5) is 28.8. The van der Waals surface area contributed by atoms with Crippen molar-refractivity contribution in [2.24, 2.45) is 0 Å². The van der Waals surface area contributed by atoms with E-state index >= 15 is 0 Å². The van der Waals surface area contributed by atoms with Crippen molar-refractivity contribution in [2.75, 3.05) is 6.54 Å². The molecule has 0 spiro atoms. The highest BCUT2D eigenvalue weighted by Gasteiger charge is 2.30. The molecule has 35 heavy (non-hydrogen) atoms. The van der Waals surface area contributed by atoms with Gasteiger partial charge < -0.3 is 10.2 Å². The van der Waals surface area contributed by atoms with Crippen LogP contribution < -0.4 is 5.32 Å². The smallest absolute Gasteiger partial charge is 0.243 e. The van der Waals surface area contributed by atoms with Gasteiger partial charge in [0.1, 0.15) is 6.04 Å². The molecular weight excluding hydrogens is 547 g/mol. The van der Waals surface area contributed by atoms with Crippen molar-refractivity contribution in [1.29, 1.82) is 0 Å². The number of hydrogen-bond acceptors (Lipinski definition) is 2. The number of nitrogens with zero attached hydrogens (tertiary/aromatic N) is 1. The van der Waals surface area contributed by atoms with Crippen LogP contribution in [0.1, 0.15) is 36.5 Å². The van der Waals surface area contributed by atoms with Crippen LogP contribution in [0.4, 0.5) is 0 Å². The molecule has 0 bridgehead atoms. The van der Waals surface area contributed by atoms with Crippen molar-refractivity contribution in [1.82, 2.24) is 10.2 Å². The van der Waals surface area contributed by atoms with Gasteiger partial charge in [-0.15, -0.1) is 0 Å². The Morgan fingerprint density at radius 1 is 0.971 bits per heavy atom. The van der Waals surface area contributed by atoms with E-state index in [9.17, 15) is 9.59 Å². The molecule has 0 aliphatic carbocycles. The van der Waals surface area contributed by atoms with E-state index in [4.69, 9.17) is 23.2 Å². The van der Waals surface area contributed by atoms with Gasteiger partial charge in [0.2, 0.25) is 11.8 Å². The Morgan fingerprint density at radius 3 is 2.40 bits per heavy atom. The molecule has 3 aromatic carbocycles. The lowest BCUT2D eigenvalue weighted by molar-refractivity contribution is -0.140. The second-order valence-corrected chi connectivity index (χ2v) is 10.2.